The average Bonchev–Trinajstić information content (AvgIpc) is 3.21. The highest BCUT2D eigenvalue weighted by molar-refractivity contribution is 7.94. The summed E-state index contributed by atoms with van der Waals surface area (Å²) in [5.74, 6) is -1.17. The summed E-state index contributed by atoms with van der Waals surface area (Å²) < 4.78 is 32.4. The molecule has 0 aliphatic carbocycles. The molecule has 150 valence electrons. The van der Waals surface area contributed by atoms with Crippen molar-refractivity contribution >= 4 is 44.6 Å². The second-order valence-corrected chi connectivity index (χ2v) is 9.80. The molecule has 1 aromatic carbocycles. The van der Waals surface area contributed by atoms with E-state index in [-0.39, 0.29) is 12.5 Å². The number of nitrogens with zero attached hydrogens (tertiary/aromatic N) is 1. The molecule has 0 unspecified atom stereocenters. The van der Waals surface area contributed by atoms with Gasteiger partial charge in [0.25, 0.3) is 15.9 Å². The summed E-state index contributed by atoms with van der Waals surface area (Å²) in [4.78, 5) is 23.4. The van der Waals surface area contributed by atoms with E-state index in [1.54, 1.807) is 49.6 Å². The van der Waals surface area contributed by atoms with Gasteiger partial charge in [-0.15, -0.1) is 11.3 Å². The minimum absolute atomic E-state index is 0.298. The third kappa shape index (κ3) is 4.36. The number of sulfonamides is 1. The number of fused-ring (bicyclic) bond motifs is 1. The molecule has 0 radical (unpaired) electrons. The first-order valence-electron chi connectivity index (χ1n) is 8.94. The molecule has 0 saturated heterocycles. The molecule has 9 heteroatoms. The molecule has 0 bridgehead atoms. The Morgan fingerprint density at radius 2 is 2.07 bits per heavy atom. The number of hydrogen-bond acceptors (Lipinski definition) is 6. The van der Waals surface area contributed by atoms with Crippen LogP contribution in [-0.4, -0.2) is 33.4 Å². The smallest absolute Gasteiger partial charge is 0.308 e. The van der Waals surface area contributed by atoms with Crippen LogP contribution in [0.1, 0.15) is 25.8 Å². The largest absolute Gasteiger partial charge is 0.455 e. The van der Waals surface area contributed by atoms with Gasteiger partial charge in [-0.05, 0) is 48.1 Å². The monoisotopic (exact) mass is 422 g/mol. The Kier molecular flexibility index (Phi) is 6.04. The van der Waals surface area contributed by atoms with Gasteiger partial charge in [0.1, 0.15) is 4.21 Å². The lowest BCUT2D eigenvalue weighted by molar-refractivity contribution is -0.150. The van der Waals surface area contributed by atoms with Crippen LogP contribution in [0.15, 0.2) is 39.9 Å². The van der Waals surface area contributed by atoms with Gasteiger partial charge in [0, 0.05) is 12.2 Å². The topological polar surface area (TPSA) is 92.8 Å². The van der Waals surface area contributed by atoms with Gasteiger partial charge in [0.2, 0.25) is 0 Å². The molecule has 0 spiro atoms. The van der Waals surface area contributed by atoms with Crippen molar-refractivity contribution in [2.45, 2.75) is 30.9 Å². The molecule has 7 nitrogen and oxygen atoms in total. The van der Waals surface area contributed by atoms with Crippen LogP contribution in [-0.2, 0) is 30.8 Å². The predicted molar refractivity (Wildman–Crippen MR) is 108 cm³/mol. The van der Waals surface area contributed by atoms with Gasteiger partial charge in [0.05, 0.1) is 11.6 Å². The van der Waals surface area contributed by atoms with Crippen LogP contribution in [0.2, 0.25) is 0 Å². The zero-order valence-electron chi connectivity index (χ0n) is 15.7. The first kappa shape index (κ1) is 20.3. The van der Waals surface area contributed by atoms with Gasteiger partial charge in [-0.2, -0.15) is 0 Å². The van der Waals surface area contributed by atoms with E-state index in [1.165, 1.54) is 15.6 Å². The molecule has 1 aromatic heterocycles. The van der Waals surface area contributed by atoms with Gasteiger partial charge in [-0.1, -0.05) is 19.9 Å². The Hall–Kier alpha value is -2.39. The first-order valence-corrected chi connectivity index (χ1v) is 11.3. The molecule has 1 aliphatic rings. The number of amides is 1. The first-order chi connectivity index (χ1) is 13.3. The quantitative estimate of drug-likeness (QED) is 0.723. The SMILES string of the molecule is CC(C)C(=O)OCC(=O)Nc1ccc2c(c1)CCCN2S(=O)(=O)c1cccs1. The number of benzene rings is 1. The van der Waals surface area contributed by atoms with Crippen LogP contribution in [0, 0.1) is 5.92 Å². The van der Waals surface area contributed by atoms with Crippen LogP contribution in [0.5, 0.6) is 0 Å². The molecule has 28 heavy (non-hydrogen) atoms. The third-order valence-corrected chi connectivity index (χ3v) is 7.48. The van der Waals surface area contributed by atoms with E-state index in [0.29, 0.717) is 28.5 Å². The second-order valence-electron chi connectivity index (χ2n) is 6.77. The van der Waals surface area contributed by atoms with Crippen molar-refractivity contribution < 1.29 is 22.7 Å². The van der Waals surface area contributed by atoms with Gasteiger partial charge < -0.3 is 10.1 Å². The Morgan fingerprint density at radius 3 is 2.75 bits per heavy atom. The van der Waals surface area contributed by atoms with Crippen LogP contribution in [0.3, 0.4) is 0 Å². The molecule has 3 rings (SSSR count). The summed E-state index contributed by atoms with van der Waals surface area (Å²) in [5, 5.41) is 4.42. The van der Waals surface area contributed by atoms with Crippen molar-refractivity contribution in [2.24, 2.45) is 5.92 Å². The molecule has 1 amide bonds. The van der Waals surface area contributed by atoms with Gasteiger partial charge >= 0.3 is 5.97 Å². The number of hydrogen-bond donors (Lipinski definition) is 1. The molecule has 0 atom stereocenters. The minimum Gasteiger partial charge on any atom is -0.455 e. The van der Waals surface area contributed by atoms with Crippen molar-refractivity contribution in [1.29, 1.82) is 0 Å². The summed E-state index contributed by atoms with van der Waals surface area (Å²) in [6.07, 6.45) is 1.42. The summed E-state index contributed by atoms with van der Waals surface area (Å²) in [6.45, 7) is 3.45. The fourth-order valence-electron chi connectivity index (χ4n) is 2.91. The van der Waals surface area contributed by atoms with E-state index in [9.17, 15) is 18.0 Å². The van der Waals surface area contributed by atoms with Crippen molar-refractivity contribution in [1.82, 2.24) is 0 Å². The fourth-order valence-corrected chi connectivity index (χ4v) is 5.55. The van der Waals surface area contributed by atoms with Crippen LogP contribution >= 0.6 is 11.3 Å². The number of nitrogens with one attached hydrogen (secondary N) is 1. The third-order valence-electron chi connectivity index (χ3n) is 4.30. The molecule has 1 aliphatic heterocycles. The number of carbonyl (C=O) groups excluding carboxylic acids is 2. The molecular formula is C19H22N2O5S2. The Morgan fingerprint density at radius 1 is 1.29 bits per heavy atom. The highest BCUT2D eigenvalue weighted by atomic mass is 32.2. The zero-order valence-corrected chi connectivity index (χ0v) is 17.3. The second kappa shape index (κ2) is 8.32. The van der Waals surface area contributed by atoms with Crippen molar-refractivity contribution in [3.05, 3.63) is 41.3 Å². The summed E-state index contributed by atoms with van der Waals surface area (Å²) in [7, 11) is -3.59. The summed E-state index contributed by atoms with van der Waals surface area (Å²) in [6, 6.07) is 8.45. The van der Waals surface area contributed by atoms with Crippen molar-refractivity contribution in [2.75, 3.05) is 22.8 Å². The number of rotatable bonds is 6. The van der Waals surface area contributed by atoms with Crippen molar-refractivity contribution in [3.8, 4) is 0 Å². The lowest BCUT2D eigenvalue weighted by Crippen LogP contribution is -2.35. The fraction of sp³-hybridized carbons (Fsp3) is 0.368. The van der Waals surface area contributed by atoms with Crippen molar-refractivity contribution in [3.63, 3.8) is 0 Å². The van der Waals surface area contributed by atoms with E-state index in [1.807, 2.05) is 0 Å². The summed E-state index contributed by atoms with van der Waals surface area (Å²) >= 11 is 1.19. The molecular weight excluding hydrogens is 400 g/mol. The maximum atomic E-state index is 12.9. The van der Waals surface area contributed by atoms with E-state index in [0.717, 1.165) is 12.0 Å². The van der Waals surface area contributed by atoms with Crippen LogP contribution in [0.25, 0.3) is 0 Å². The number of anilines is 2. The van der Waals surface area contributed by atoms with Gasteiger partial charge in [-0.25, -0.2) is 8.42 Å². The lowest BCUT2D eigenvalue weighted by Gasteiger charge is -2.30. The van der Waals surface area contributed by atoms with Crippen LogP contribution in [0.4, 0.5) is 11.4 Å². The highest BCUT2D eigenvalue weighted by Gasteiger charge is 2.30. The number of esters is 1. The minimum atomic E-state index is -3.59. The van der Waals surface area contributed by atoms with E-state index >= 15 is 0 Å². The number of aryl methyl sites for hydroxylation is 1. The maximum absolute atomic E-state index is 12.9. The molecule has 2 aromatic rings. The number of carbonyl (C=O) groups is 2. The number of thiophene rings is 1. The van der Waals surface area contributed by atoms with E-state index < -0.39 is 21.9 Å². The molecule has 1 N–H and O–H groups in total. The molecule has 0 saturated carbocycles. The standard InChI is InChI=1S/C19H22N2O5S2/c1-13(2)19(23)26-12-17(22)20-15-7-8-16-14(11-15)5-3-9-21(16)28(24,25)18-6-4-10-27-18/h4,6-8,10-11,13H,3,5,9,12H2,1-2H3,(H,20,22). The van der Waals surface area contributed by atoms with Gasteiger partial charge in [-0.3, -0.25) is 13.9 Å². The Bertz CT molecular complexity index is 968. The average molecular weight is 423 g/mol. The van der Waals surface area contributed by atoms with Crippen LogP contribution < -0.4 is 9.62 Å². The predicted octanol–water partition coefficient (Wildman–Crippen LogP) is 3.03. The van der Waals surface area contributed by atoms with E-state index in [4.69, 9.17) is 4.74 Å². The normalized spacial score (nSPS) is 13.9. The molecule has 0 fully saturated rings. The number of ether oxygens (including phenoxy) is 1. The summed E-state index contributed by atoms with van der Waals surface area (Å²) in [5.41, 5.74) is 2.02. The Labute approximate surface area is 168 Å². The molecule has 2 heterocycles. The lowest BCUT2D eigenvalue weighted by atomic mass is 10.0. The maximum Gasteiger partial charge on any atom is 0.308 e. The highest BCUT2D eigenvalue weighted by Crippen LogP contribution is 2.34. The Balaban J connectivity index is 1.74. The van der Waals surface area contributed by atoms with E-state index in [2.05, 4.69) is 5.32 Å². The zero-order chi connectivity index (χ0) is 20.3. The van der Waals surface area contributed by atoms with Gasteiger partial charge in [0.15, 0.2) is 6.61 Å².